The Labute approximate surface area is 186 Å². The largest absolute Gasteiger partial charge is 0.354 e. The molecular formula is C23H27N5O4. The van der Waals surface area contributed by atoms with Crippen LogP contribution < -0.4 is 10.6 Å². The van der Waals surface area contributed by atoms with Gasteiger partial charge in [-0.25, -0.2) is 0 Å². The van der Waals surface area contributed by atoms with Crippen molar-refractivity contribution in [2.45, 2.75) is 24.9 Å². The van der Waals surface area contributed by atoms with E-state index in [0.717, 1.165) is 6.42 Å². The van der Waals surface area contributed by atoms with Crippen LogP contribution in [0, 0.1) is 0 Å². The number of nitrogens with one attached hydrogen (secondary N) is 2. The molecule has 4 rings (SSSR count). The fraction of sp³-hybridized carbons (Fsp3) is 0.391. The Hall–Kier alpha value is -3.62. The first-order valence-corrected chi connectivity index (χ1v) is 10.8. The van der Waals surface area contributed by atoms with Crippen LogP contribution in [0.1, 0.15) is 33.7 Å². The molecule has 0 bridgehead atoms. The summed E-state index contributed by atoms with van der Waals surface area (Å²) in [6.45, 7) is 1.18. The quantitative estimate of drug-likeness (QED) is 0.722. The average molecular weight is 438 g/mol. The number of carbonyl (C=O) groups is 4. The van der Waals surface area contributed by atoms with E-state index in [0.29, 0.717) is 30.8 Å². The van der Waals surface area contributed by atoms with E-state index in [1.54, 1.807) is 59.1 Å². The van der Waals surface area contributed by atoms with E-state index in [1.807, 2.05) is 6.07 Å². The maximum absolute atomic E-state index is 13.3. The predicted molar refractivity (Wildman–Crippen MR) is 117 cm³/mol. The molecule has 168 valence electrons. The lowest BCUT2D eigenvalue weighted by Gasteiger charge is -2.41. The van der Waals surface area contributed by atoms with Crippen molar-refractivity contribution in [3.63, 3.8) is 0 Å². The number of benzene rings is 1. The molecule has 2 saturated heterocycles. The van der Waals surface area contributed by atoms with Crippen molar-refractivity contribution >= 4 is 23.6 Å². The van der Waals surface area contributed by atoms with E-state index in [2.05, 4.69) is 10.6 Å². The molecule has 2 atom stereocenters. The number of nitrogens with zero attached hydrogens (tertiary/aromatic N) is 3. The van der Waals surface area contributed by atoms with E-state index < -0.39 is 18.0 Å². The number of hydrogen-bond donors (Lipinski definition) is 2. The molecule has 0 aliphatic carbocycles. The van der Waals surface area contributed by atoms with Crippen LogP contribution in [0.4, 0.5) is 0 Å². The van der Waals surface area contributed by atoms with E-state index >= 15 is 0 Å². The van der Waals surface area contributed by atoms with Crippen LogP contribution in [0.3, 0.4) is 0 Å². The number of hydrogen-bond acceptors (Lipinski definition) is 4. The third kappa shape index (κ3) is 4.37. The van der Waals surface area contributed by atoms with E-state index in [4.69, 9.17) is 0 Å². The Bertz CT molecular complexity index is 1020. The van der Waals surface area contributed by atoms with Crippen molar-refractivity contribution in [2.24, 2.45) is 7.05 Å². The monoisotopic (exact) mass is 437 g/mol. The SMILES string of the molecule is Cn1cccc1C(=O)N1CCN(C(=O)c2ccccc2)[C@H](C(=O)N[C@H]2CCCNC2=O)C1. The smallest absolute Gasteiger partial charge is 0.270 e. The van der Waals surface area contributed by atoms with Gasteiger partial charge in [-0.2, -0.15) is 0 Å². The van der Waals surface area contributed by atoms with Crippen molar-refractivity contribution in [1.82, 2.24) is 25.0 Å². The molecule has 2 aromatic rings. The van der Waals surface area contributed by atoms with E-state index in [1.165, 1.54) is 4.90 Å². The molecule has 1 aromatic heterocycles. The van der Waals surface area contributed by atoms with Crippen LogP contribution in [-0.4, -0.2) is 76.3 Å². The summed E-state index contributed by atoms with van der Waals surface area (Å²) in [7, 11) is 1.79. The third-order valence-corrected chi connectivity index (χ3v) is 6.02. The van der Waals surface area contributed by atoms with Gasteiger partial charge in [-0.1, -0.05) is 18.2 Å². The zero-order valence-corrected chi connectivity index (χ0v) is 18.0. The number of carbonyl (C=O) groups excluding carboxylic acids is 4. The molecule has 2 N–H and O–H groups in total. The molecule has 4 amide bonds. The van der Waals surface area contributed by atoms with Crippen LogP contribution in [0.2, 0.25) is 0 Å². The molecule has 0 saturated carbocycles. The van der Waals surface area contributed by atoms with Crippen LogP contribution in [-0.2, 0) is 16.6 Å². The Morgan fingerprint density at radius 2 is 1.81 bits per heavy atom. The van der Waals surface area contributed by atoms with Gasteiger partial charge in [0, 0.05) is 38.4 Å². The average Bonchev–Trinajstić information content (AvgIpc) is 3.25. The Balaban J connectivity index is 1.56. The third-order valence-electron chi connectivity index (χ3n) is 6.02. The highest BCUT2D eigenvalue weighted by Gasteiger charge is 2.39. The summed E-state index contributed by atoms with van der Waals surface area (Å²) in [6.07, 6.45) is 3.10. The Kier molecular flexibility index (Phi) is 6.25. The normalized spacial score (nSPS) is 21.1. The number of aryl methyl sites for hydroxylation is 1. The van der Waals surface area contributed by atoms with Crippen molar-refractivity contribution in [3.05, 3.63) is 59.9 Å². The molecule has 32 heavy (non-hydrogen) atoms. The van der Waals surface area contributed by atoms with Gasteiger partial charge >= 0.3 is 0 Å². The minimum atomic E-state index is -0.893. The molecule has 2 aliphatic heterocycles. The second-order valence-corrected chi connectivity index (χ2v) is 8.13. The van der Waals surface area contributed by atoms with Gasteiger partial charge in [-0.3, -0.25) is 19.2 Å². The molecule has 3 heterocycles. The van der Waals surface area contributed by atoms with Crippen molar-refractivity contribution in [2.75, 3.05) is 26.2 Å². The van der Waals surface area contributed by atoms with Gasteiger partial charge in [0.05, 0.1) is 6.54 Å². The summed E-state index contributed by atoms with van der Waals surface area (Å²) in [5.74, 6) is -1.12. The Morgan fingerprint density at radius 1 is 1.03 bits per heavy atom. The molecular weight excluding hydrogens is 410 g/mol. The second-order valence-electron chi connectivity index (χ2n) is 8.13. The lowest BCUT2D eigenvalue weighted by atomic mass is 10.0. The van der Waals surface area contributed by atoms with Crippen molar-refractivity contribution in [1.29, 1.82) is 0 Å². The molecule has 1 aromatic carbocycles. The first-order valence-electron chi connectivity index (χ1n) is 10.8. The van der Waals surface area contributed by atoms with E-state index in [-0.39, 0.29) is 30.8 Å². The van der Waals surface area contributed by atoms with Crippen LogP contribution in [0.25, 0.3) is 0 Å². The van der Waals surface area contributed by atoms with E-state index in [9.17, 15) is 19.2 Å². The lowest BCUT2D eigenvalue weighted by Crippen LogP contribution is -2.63. The highest BCUT2D eigenvalue weighted by molar-refractivity contribution is 5.99. The zero-order chi connectivity index (χ0) is 22.7. The number of piperidine rings is 1. The molecule has 9 nitrogen and oxygen atoms in total. The molecule has 2 aliphatic rings. The molecule has 9 heteroatoms. The first-order chi connectivity index (χ1) is 15.5. The molecule has 0 spiro atoms. The minimum Gasteiger partial charge on any atom is -0.354 e. The maximum atomic E-state index is 13.3. The standard InChI is InChI=1S/C23H27N5O4/c1-26-12-6-10-18(26)23(32)27-13-14-28(22(31)16-7-3-2-4-8-16)19(15-27)21(30)25-17-9-5-11-24-20(17)29/h2-4,6-8,10,12,17,19H,5,9,11,13-15H2,1H3,(H,24,29)(H,25,30)/t17-,19-/m0/s1. The number of piperazine rings is 1. The van der Waals surface area contributed by atoms with Gasteiger partial charge in [-0.05, 0) is 37.1 Å². The van der Waals surface area contributed by atoms with Crippen LogP contribution >= 0.6 is 0 Å². The maximum Gasteiger partial charge on any atom is 0.270 e. The fourth-order valence-electron chi connectivity index (χ4n) is 4.20. The number of rotatable bonds is 4. The second kappa shape index (κ2) is 9.25. The fourth-order valence-corrected chi connectivity index (χ4v) is 4.20. The topological polar surface area (TPSA) is 104 Å². The molecule has 0 unspecified atom stereocenters. The lowest BCUT2D eigenvalue weighted by molar-refractivity contribution is -0.133. The Morgan fingerprint density at radius 3 is 2.50 bits per heavy atom. The van der Waals surface area contributed by atoms with Gasteiger partial charge in [0.1, 0.15) is 17.8 Å². The van der Waals surface area contributed by atoms with Gasteiger partial charge in [-0.15, -0.1) is 0 Å². The summed E-state index contributed by atoms with van der Waals surface area (Å²) in [5, 5.41) is 5.54. The number of aromatic nitrogens is 1. The number of amides is 4. The van der Waals surface area contributed by atoms with Crippen LogP contribution in [0.15, 0.2) is 48.7 Å². The summed E-state index contributed by atoms with van der Waals surface area (Å²) in [4.78, 5) is 54.7. The van der Waals surface area contributed by atoms with Gasteiger partial charge in [0.2, 0.25) is 11.8 Å². The highest BCUT2D eigenvalue weighted by atomic mass is 16.2. The summed E-state index contributed by atoms with van der Waals surface area (Å²) in [5.41, 5.74) is 0.988. The summed E-state index contributed by atoms with van der Waals surface area (Å²) < 4.78 is 1.73. The first kappa shape index (κ1) is 21.6. The van der Waals surface area contributed by atoms with Crippen molar-refractivity contribution < 1.29 is 19.2 Å². The predicted octanol–water partition coefficient (Wildman–Crippen LogP) is 0.387. The highest BCUT2D eigenvalue weighted by Crippen LogP contribution is 2.18. The van der Waals surface area contributed by atoms with Crippen LogP contribution in [0.5, 0.6) is 0 Å². The molecule has 2 fully saturated rings. The zero-order valence-electron chi connectivity index (χ0n) is 18.0. The molecule has 0 radical (unpaired) electrons. The van der Waals surface area contributed by atoms with Gasteiger partial charge in [0.25, 0.3) is 11.8 Å². The van der Waals surface area contributed by atoms with Gasteiger partial charge < -0.3 is 25.0 Å². The van der Waals surface area contributed by atoms with Crippen molar-refractivity contribution in [3.8, 4) is 0 Å². The minimum absolute atomic E-state index is 0.0583. The summed E-state index contributed by atoms with van der Waals surface area (Å²) >= 11 is 0. The summed E-state index contributed by atoms with van der Waals surface area (Å²) in [6, 6.07) is 10.7. The van der Waals surface area contributed by atoms with Gasteiger partial charge in [0.15, 0.2) is 0 Å².